The summed E-state index contributed by atoms with van der Waals surface area (Å²) in [7, 11) is 0. The van der Waals surface area contributed by atoms with Crippen LogP contribution in [0.15, 0.2) is 64.6 Å². The minimum Gasteiger partial charge on any atom is -0.478 e. The molecule has 3 rings (SSSR count). The zero-order chi connectivity index (χ0) is 21.0. The monoisotopic (exact) mass is 386 g/mol. The number of benzene rings is 2. The van der Waals surface area contributed by atoms with Gasteiger partial charge in [-0.3, -0.25) is 4.79 Å². The van der Waals surface area contributed by atoms with Crippen LogP contribution >= 0.6 is 0 Å². The summed E-state index contributed by atoms with van der Waals surface area (Å²) in [5.41, 5.74) is 3.22. The Labute approximate surface area is 167 Å². The van der Waals surface area contributed by atoms with Crippen molar-refractivity contribution in [3.8, 4) is 17.4 Å². The van der Waals surface area contributed by atoms with Crippen LogP contribution in [0.4, 0.5) is 5.69 Å². The van der Waals surface area contributed by atoms with Crippen LogP contribution in [-0.4, -0.2) is 17.0 Å². The molecule has 0 saturated heterocycles. The first-order valence-corrected chi connectivity index (χ1v) is 8.81. The minimum atomic E-state index is -1.03. The number of carbonyl (C=O) groups is 2. The molecule has 0 spiro atoms. The standard InChI is InChI=1S/C23H18N2O4/c1-14-6-8-20(15(2)10-14)25-22(26)18(13-24)12-19-7-9-21(29-19)16-4-3-5-17(11-16)23(27)28/h3-12H,1-2H3,(H,25,26)(H,27,28). The molecule has 144 valence electrons. The third kappa shape index (κ3) is 4.60. The smallest absolute Gasteiger partial charge is 0.335 e. The van der Waals surface area contributed by atoms with Gasteiger partial charge in [0.05, 0.1) is 5.56 Å². The van der Waals surface area contributed by atoms with Crippen molar-refractivity contribution in [1.29, 1.82) is 5.26 Å². The number of hydrogen-bond donors (Lipinski definition) is 2. The fourth-order valence-corrected chi connectivity index (χ4v) is 2.83. The van der Waals surface area contributed by atoms with Gasteiger partial charge in [0.2, 0.25) is 0 Å². The molecule has 0 fully saturated rings. The Bertz CT molecular complexity index is 1170. The Hall–Kier alpha value is -4.11. The molecular formula is C23H18N2O4. The van der Waals surface area contributed by atoms with Gasteiger partial charge < -0.3 is 14.8 Å². The summed E-state index contributed by atoms with van der Waals surface area (Å²) in [5.74, 6) is -0.821. The maximum absolute atomic E-state index is 12.5. The molecule has 1 heterocycles. The lowest BCUT2D eigenvalue weighted by Crippen LogP contribution is -2.14. The summed E-state index contributed by atoms with van der Waals surface area (Å²) >= 11 is 0. The predicted molar refractivity (Wildman–Crippen MR) is 109 cm³/mol. The van der Waals surface area contributed by atoms with E-state index < -0.39 is 11.9 Å². The van der Waals surface area contributed by atoms with E-state index >= 15 is 0 Å². The lowest BCUT2D eigenvalue weighted by Gasteiger charge is -2.08. The Morgan fingerprint density at radius 1 is 1.10 bits per heavy atom. The zero-order valence-corrected chi connectivity index (χ0v) is 15.9. The van der Waals surface area contributed by atoms with Crippen LogP contribution in [0, 0.1) is 25.2 Å². The number of carboxylic acid groups (broad SMARTS) is 1. The molecule has 2 N–H and O–H groups in total. The van der Waals surface area contributed by atoms with Gasteiger partial charge in [0, 0.05) is 17.3 Å². The van der Waals surface area contributed by atoms with E-state index in [1.165, 1.54) is 18.2 Å². The molecule has 1 amide bonds. The fourth-order valence-electron chi connectivity index (χ4n) is 2.83. The van der Waals surface area contributed by atoms with Crippen LogP contribution in [0.5, 0.6) is 0 Å². The molecule has 6 nitrogen and oxygen atoms in total. The average Bonchev–Trinajstić information content (AvgIpc) is 3.17. The van der Waals surface area contributed by atoms with Crippen LogP contribution in [0.25, 0.3) is 17.4 Å². The summed E-state index contributed by atoms with van der Waals surface area (Å²) < 4.78 is 5.68. The maximum atomic E-state index is 12.5. The summed E-state index contributed by atoms with van der Waals surface area (Å²) in [6.45, 7) is 3.84. The summed E-state index contributed by atoms with van der Waals surface area (Å²) in [5, 5.41) is 21.2. The molecule has 0 unspecified atom stereocenters. The first kappa shape index (κ1) is 19.6. The lowest BCUT2D eigenvalue weighted by molar-refractivity contribution is -0.112. The van der Waals surface area contributed by atoms with Crippen molar-refractivity contribution in [2.45, 2.75) is 13.8 Å². The van der Waals surface area contributed by atoms with Gasteiger partial charge in [-0.15, -0.1) is 0 Å². The van der Waals surface area contributed by atoms with Gasteiger partial charge in [0.15, 0.2) is 0 Å². The second-order valence-corrected chi connectivity index (χ2v) is 6.53. The minimum absolute atomic E-state index is 0.106. The number of furan rings is 1. The molecule has 0 aliphatic carbocycles. The van der Waals surface area contributed by atoms with Gasteiger partial charge >= 0.3 is 5.97 Å². The fraction of sp³-hybridized carbons (Fsp3) is 0.0870. The molecule has 1 aromatic heterocycles. The van der Waals surface area contributed by atoms with Crippen molar-refractivity contribution in [2.75, 3.05) is 5.32 Å². The van der Waals surface area contributed by atoms with Crippen LogP contribution in [0.3, 0.4) is 0 Å². The number of carboxylic acids is 1. The summed E-state index contributed by atoms with van der Waals surface area (Å²) in [4.78, 5) is 23.6. The number of carbonyl (C=O) groups excluding carboxylic acids is 1. The van der Waals surface area contributed by atoms with Crippen LogP contribution < -0.4 is 5.32 Å². The van der Waals surface area contributed by atoms with E-state index in [0.29, 0.717) is 22.8 Å². The molecule has 0 radical (unpaired) electrons. The predicted octanol–water partition coefficient (Wildman–Crippen LogP) is 4.81. The molecular weight excluding hydrogens is 368 g/mol. The van der Waals surface area contributed by atoms with Gasteiger partial charge in [-0.2, -0.15) is 5.26 Å². The quantitative estimate of drug-likeness (QED) is 0.484. The van der Waals surface area contributed by atoms with Crippen LogP contribution in [0.2, 0.25) is 0 Å². The van der Waals surface area contributed by atoms with Gasteiger partial charge in [-0.1, -0.05) is 29.8 Å². The molecule has 3 aromatic rings. The van der Waals surface area contributed by atoms with E-state index in [9.17, 15) is 14.9 Å². The molecule has 0 aliphatic rings. The van der Waals surface area contributed by atoms with Crippen LogP contribution in [-0.2, 0) is 4.79 Å². The van der Waals surface area contributed by atoms with E-state index in [4.69, 9.17) is 9.52 Å². The highest BCUT2D eigenvalue weighted by Gasteiger charge is 2.13. The summed E-state index contributed by atoms with van der Waals surface area (Å²) in [6.07, 6.45) is 1.35. The van der Waals surface area contributed by atoms with Gasteiger partial charge in [0.1, 0.15) is 23.2 Å². The van der Waals surface area contributed by atoms with Gasteiger partial charge in [0.25, 0.3) is 5.91 Å². The number of aromatic carboxylic acids is 1. The van der Waals surface area contributed by atoms with Crippen molar-refractivity contribution in [2.24, 2.45) is 0 Å². The van der Waals surface area contributed by atoms with Crippen molar-refractivity contribution in [1.82, 2.24) is 0 Å². The third-order valence-corrected chi connectivity index (χ3v) is 4.30. The highest BCUT2D eigenvalue weighted by molar-refractivity contribution is 6.09. The first-order chi connectivity index (χ1) is 13.9. The first-order valence-electron chi connectivity index (χ1n) is 8.81. The van der Waals surface area contributed by atoms with E-state index in [-0.39, 0.29) is 11.1 Å². The van der Waals surface area contributed by atoms with Crippen molar-refractivity contribution in [3.63, 3.8) is 0 Å². The average molecular weight is 386 g/mol. The Morgan fingerprint density at radius 2 is 1.90 bits per heavy atom. The topological polar surface area (TPSA) is 103 Å². The normalized spacial score (nSPS) is 11.0. The summed E-state index contributed by atoms with van der Waals surface area (Å²) in [6, 6.07) is 17.1. The Morgan fingerprint density at radius 3 is 2.59 bits per heavy atom. The number of hydrogen-bond acceptors (Lipinski definition) is 4. The molecule has 29 heavy (non-hydrogen) atoms. The van der Waals surface area contributed by atoms with E-state index in [2.05, 4.69) is 5.32 Å². The molecule has 0 aliphatic heterocycles. The van der Waals surface area contributed by atoms with Gasteiger partial charge in [-0.25, -0.2) is 4.79 Å². The third-order valence-electron chi connectivity index (χ3n) is 4.30. The van der Waals surface area contributed by atoms with Crippen LogP contribution in [0.1, 0.15) is 27.2 Å². The van der Waals surface area contributed by atoms with E-state index in [1.54, 1.807) is 30.3 Å². The number of amides is 1. The van der Waals surface area contributed by atoms with Gasteiger partial charge in [-0.05, 0) is 49.7 Å². The zero-order valence-electron chi connectivity index (χ0n) is 15.9. The van der Waals surface area contributed by atoms with E-state index in [0.717, 1.165) is 11.1 Å². The number of nitrogens with zero attached hydrogens (tertiary/aromatic N) is 1. The SMILES string of the molecule is Cc1ccc(NC(=O)C(C#N)=Cc2ccc(-c3cccc(C(=O)O)c3)o2)c(C)c1. The molecule has 0 saturated carbocycles. The number of nitriles is 1. The lowest BCUT2D eigenvalue weighted by atomic mass is 10.1. The molecule has 6 heteroatoms. The highest BCUT2D eigenvalue weighted by Crippen LogP contribution is 2.25. The van der Waals surface area contributed by atoms with Crippen molar-refractivity contribution < 1.29 is 19.1 Å². The second-order valence-electron chi connectivity index (χ2n) is 6.53. The number of aryl methyl sites for hydroxylation is 2. The Balaban J connectivity index is 1.83. The number of rotatable bonds is 5. The van der Waals surface area contributed by atoms with E-state index in [1.807, 2.05) is 32.0 Å². The number of nitrogens with one attached hydrogen (secondary N) is 1. The van der Waals surface area contributed by atoms with Crippen molar-refractivity contribution in [3.05, 3.63) is 82.6 Å². The molecule has 0 atom stereocenters. The molecule has 2 aromatic carbocycles. The highest BCUT2D eigenvalue weighted by atomic mass is 16.4. The number of anilines is 1. The largest absolute Gasteiger partial charge is 0.478 e. The van der Waals surface area contributed by atoms with Crippen molar-refractivity contribution >= 4 is 23.6 Å². The Kier molecular flexibility index (Phi) is 5.61. The second kappa shape index (κ2) is 8.28. The maximum Gasteiger partial charge on any atom is 0.335 e. The molecule has 0 bridgehead atoms.